The van der Waals surface area contributed by atoms with Gasteiger partial charge in [-0.1, -0.05) is 17.3 Å². The molecule has 1 aliphatic heterocycles. The fourth-order valence-corrected chi connectivity index (χ4v) is 3.87. The standard InChI is InChI=1S/C19H23N5O/c1-12(13-2-3-13)24-17-10-15(4-5-16(17)11-21-24)18-22-19(25-23-18)14-6-8-20-9-7-14/h4-5,10-14,20H,2-3,6-9H2,1H3. The second kappa shape index (κ2) is 5.95. The first kappa shape index (κ1) is 15.1. The van der Waals surface area contributed by atoms with Gasteiger partial charge in [-0.05, 0) is 57.7 Å². The quantitative estimate of drug-likeness (QED) is 0.789. The summed E-state index contributed by atoms with van der Waals surface area (Å²) in [5.74, 6) is 2.61. The van der Waals surface area contributed by atoms with E-state index >= 15 is 0 Å². The highest BCUT2D eigenvalue weighted by Crippen LogP contribution is 2.40. The van der Waals surface area contributed by atoms with Gasteiger partial charge in [0.15, 0.2) is 0 Å². The zero-order chi connectivity index (χ0) is 16.8. The molecule has 0 bridgehead atoms. The van der Waals surface area contributed by atoms with E-state index in [1.807, 2.05) is 6.20 Å². The average Bonchev–Trinajstić information content (AvgIpc) is 3.24. The Hall–Kier alpha value is -2.21. The number of fused-ring (bicyclic) bond motifs is 1. The Morgan fingerprint density at radius 1 is 1.20 bits per heavy atom. The third-order valence-corrected chi connectivity index (χ3v) is 5.68. The normalized spacial score (nSPS) is 20.2. The molecule has 1 saturated heterocycles. The number of aromatic nitrogens is 4. The van der Waals surface area contributed by atoms with Gasteiger partial charge in [0.1, 0.15) is 0 Å². The van der Waals surface area contributed by atoms with Gasteiger partial charge in [0, 0.05) is 16.9 Å². The van der Waals surface area contributed by atoms with Crippen molar-refractivity contribution in [2.45, 2.75) is 44.6 Å². The molecule has 1 atom stereocenters. The predicted molar refractivity (Wildman–Crippen MR) is 95.3 cm³/mol. The Balaban J connectivity index is 1.48. The predicted octanol–water partition coefficient (Wildman–Crippen LogP) is 3.52. The van der Waals surface area contributed by atoms with Crippen LogP contribution in [0.4, 0.5) is 0 Å². The highest BCUT2D eigenvalue weighted by atomic mass is 16.5. The first-order valence-electron chi connectivity index (χ1n) is 9.31. The summed E-state index contributed by atoms with van der Waals surface area (Å²) in [5.41, 5.74) is 2.16. The van der Waals surface area contributed by atoms with Crippen molar-refractivity contribution in [3.63, 3.8) is 0 Å². The van der Waals surface area contributed by atoms with Crippen molar-refractivity contribution in [1.82, 2.24) is 25.2 Å². The van der Waals surface area contributed by atoms with Crippen molar-refractivity contribution in [1.29, 1.82) is 0 Å². The van der Waals surface area contributed by atoms with Gasteiger partial charge in [0.05, 0.1) is 17.8 Å². The maximum absolute atomic E-state index is 5.57. The first-order chi connectivity index (χ1) is 12.3. The van der Waals surface area contributed by atoms with Crippen LogP contribution < -0.4 is 5.32 Å². The summed E-state index contributed by atoms with van der Waals surface area (Å²) < 4.78 is 7.72. The van der Waals surface area contributed by atoms with E-state index in [0.29, 0.717) is 17.8 Å². The van der Waals surface area contributed by atoms with Crippen LogP contribution in [-0.4, -0.2) is 33.0 Å². The molecule has 1 N–H and O–H groups in total. The third kappa shape index (κ3) is 2.74. The van der Waals surface area contributed by atoms with Gasteiger partial charge in [-0.25, -0.2) is 0 Å². The second-order valence-electron chi connectivity index (χ2n) is 7.42. The van der Waals surface area contributed by atoms with E-state index < -0.39 is 0 Å². The van der Waals surface area contributed by atoms with Crippen molar-refractivity contribution in [3.8, 4) is 11.4 Å². The molecule has 0 amide bonds. The number of hydrogen-bond acceptors (Lipinski definition) is 5. The van der Waals surface area contributed by atoms with E-state index in [9.17, 15) is 0 Å². The number of nitrogens with zero attached hydrogens (tertiary/aromatic N) is 4. The summed E-state index contributed by atoms with van der Waals surface area (Å²) in [7, 11) is 0. The van der Waals surface area contributed by atoms with E-state index in [0.717, 1.165) is 48.8 Å². The van der Waals surface area contributed by atoms with Gasteiger partial charge >= 0.3 is 0 Å². The Morgan fingerprint density at radius 3 is 2.84 bits per heavy atom. The zero-order valence-corrected chi connectivity index (χ0v) is 14.5. The molecule has 2 aromatic heterocycles. The van der Waals surface area contributed by atoms with Gasteiger partial charge in [-0.2, -0.15) is 10.1 Å². The van der Waals surface area contributed by atoms with Crippen molar-refractivity contribution in [3.05, 3.63) is 30.3 Å². The maximum atomic E-state index is 5.57. The van der Waals surface area contributed by atoms with Crippen molar-refractivity contribution in [2.24, 2.45) is 5.92 Å². The molecule has 25 heavy (non-hydrogen) atoms. The SMILES string of the molecule is CC(C1CC1)n1ncc2ccc(-c3noc(C4CCNCC4)n3)cc21. The minimum absolute atomic E-state index is 0.381. The van der Waals surface area contributed by atoms with E-state index in [-0.39, 0.29) is 0 Å². The fourth-order valence-electron chi connectivity index (χ4n) is 3.87. The number of hydrogen-bond donors (Lipinski definition) is 1. The Labute approximate surface area is 146 Å². The highest BCUT2D eigenvalue weighted by molar-refractivity contribution is 5.83. The van der Waals surface area contributed by atoms with Crippen LogP contribution in [0.2, 0.25) is 0 Å². The lowest BCUT2D eigenvalue weighted by molar-refractivity contribution is 0.320. The molecule has 6 nitrogen and oxygen atoms in total. The zero-order valence-electron chi connectivity index (χ0n) is 14.5. The number of nitrogens with one attached hydrogen (secondary N) is 1. The summed E-state index contributed by atoms with van der Waals surface area (Å²) >= 11 is 0. The minimum Gasteiger partial charge on any atom is -0.339 e. The van der Waals surface area contributed by atoms with Crippen LogP contribution in [0.5, 0.6) is 0 Å². The van der Waals surface area contributed by atoms with Crippen LogP contribution in [0, 0.1) is 5.92 Å². The van der Waals surface area contributed by atoms with E-state index in [2.05, 4.69) is 50.4 Å². The molecule has 1 unspecified atom stereocenters. The van der Waals surface area contributed by atoms with Gasteiger partial charge in [0.2, 0.25) is 11.7 Å². The average molecular weight is 337 g/mol. The van der Waals surface area contributed by atoms with E-state index in [4.69, 9.17) is 4.52 Å². The van der Waals surface area contributed by atoms with Crippen LogP contribution in [0.15, 0.2) is 28.9 Å². The molecule has 3 heterocycles. The molecule has 6 heteroatoms. The summed E-state index contributed by atoms with van der Waals surface area (Å²) in [6.07, 6.45) is 6.70. The molecule has 2 fully saturated rings. The lowest BCUT2D eigenvalue weighted by Crippen LogP contribution is -2.26. The smallest absolute Gasteiger partial charge is 0.230 e. The van der Waals surface area contributed by atoms with Crippen LogP contribution in [0.25, 0.3) is 22.3 Å². The van der Waals surface area contributed by atoms with E-state index in [1.54, 1.807) is 0 Å². The topological polar surface area (TPSA) is 68.8 Å². The first-order valence-corrected chi connectivity index (χ1v) is 9.31. The molecule has 0 spiro atoms. The Kier molecular flexibility index (Phi) is 3.59. The Bertz CT molecular complexity index is 888. The lowest BCUT2D eigenvalue weighted by Gasteiger charge is -2.18. The number of benzene rings is 1. The van der Waals surface area contributed by atoms with Crippen LogP contribution in [0.3, 0.4) is 0 Å². The molecule has 2 aliphatic rings. The maximum Gasteiger partial charge on any atom is 0.230 e. The largest absolute Gasteiger partial charge is 0.339 e. The van der Waals surface area contributed by atoms with Gasteiger partial charge in [-0.3, -0.25) is 4.68 Å². The monoisotopic (exact) mass is 337 g/mol. The molecule has 1 saturated carbocycles. The fraction of sp³-hybridized carbons (Fsp3) is 0.526. The summed E-state index contributed by atoms with van der Waals surface area (Å²) in [6, 6.07) is 6.77. The molecule has 0 radical (unpaired) electrons. The van der Waals surface area contributed by atoms with Gasteiger partial charge in [-0.15, -0.1) is 0 Å². The number of piperidine rings is 1. The Morgan fingerprint density at radius 2 is 2.04 bits per heavy atom. The summed E-state index contributed by atoms with van der Waals surface area (Å²) in [4.78, 5) is 4.68. The molecule has 3 aromatic rings. The van der Waals surface area contributed by atoms with Crippen molar-refractivity contribution in [2.75, 3.05) is 13.1 Å². The third-order valence-electron chi connectivity index (χ3n) is 5.68. The molecule has 130 valence electrons. The summed E-state index contributed by atoms with van der Waals surface area (Å²) in [5, 5.41) is 13.4. The minimum atomic E-state index is 0.381. The van der Waals surface area contributed by atoms with Gasteiger partial charge in [0.25, 0.3) is 0 Å². The number of rotatable bonds is 4. The molecule has 1 aliphatic carbocycles. The highest BCUT2D eigenvalue weighted by Gasteiger charge is 2.30. The van der Waals surface area contributed by atoms with Crippen molar-refractivity contribution < 1.29 is 4.52 Å². The van der Waals surface area contributed by atoms with Crippen LogP contribution >= 0.6 is 0 Å². The van der Waals surface area contributed by atoms with E-state index in [1.165, 1.54) is 18.2 Å². The lowest BCUT2D eigenvalue weighted by atomic mass is 9.98. The van der Waals surface area contributed by atoms with Crippen molar-refractivity contribution >= 4 is 10.9 Å². The molecule has 1 aromatic carbocycles. The van der Waals surface area contributed by atoms with Crippen LogP contribution in [0.1, 0.15) is 50.5 Å². The second-order valence-corrected chi connectivity index (χ2v) is 7.42. The molecular weight excluding hydrogens is 314 g/mol. The summed E-state index contributed by atoms with van der Waals surface area (Å²) in [6.45, 7) is 4.31. The molecular formula is C19H23N5O. The molecule has 5 rings (SSSR count). The van der Waals surface area contributed by atoms with Crippen LogP contribution in [-0.2, 0) is 0 Å². The van der Waals surface area contributed by atoms with Gasteiger partial charge < -0.3 is 9.84 Å².